The summed E-state index contributed by atoms with van der Waals surface area (Å²) in [6.45, 7) is 2.08. The average molecular weight is 188 g/mol. The zero-order valence-corrected chi connectivity index (χ0v) is 8.19. The number of primary amides is 1. The lowest BCUT2D eigenvalue weighted by Crippen LogP contribution is -2.52. The highest BCUT2D eigenvalue weighted by molar-refractivity contribution is 8.00. The lowest BCUT2D eigenvalue weighted by molar-refractivity contribution is -0.119. The SMILES string of the molecule is CC1SCCCC1(N)CC(N)=O. The van der Waals surface area contributed by atoms with Gasteiger partial charge in [0.05, 0.1) is 0 Å². The molecule has 1 aliphatic heterocycles. The second kappa shape index (κ2) is 3.66. The van der Waals surface area contributed by atoms with Crippen LogP contribution in [0.25, 0.3) is 0 Å². The van der Waals surface area contributed by atoms with Crippen LogP contribution >= 0.6 is 11.8 Å². The monoisotopic (exact) mass is 188 g/mol. The molecule has 12 heavy (non-hydrogen) atoms. The Labute approximate surface area is 77.3 Å². The molecule has 0 aliphatic carbocycles. The molecule has 2 atom stereocenters. The molecule has 70 valence electrons. The van der Waals surface area contributed by atoms with Gasteiger partial charge in [0, 0.05) is 17.2 Å². The Balaban J connectivity index is 2.59. The Morgan fingerprint density at radius 1 is 1.75 bits per heavy atom. The first-order valence-electron chi connectivity index (χ1n) is 4.23. The normalized spacial score (nSPS) is 36.3. The van der Waals surface area contributed by atoms with Crippen LogP contribution < -0.4 is 11.5 Å². The first kappa shape index (κ1) is 9.86. The maximum atomic E-state index is 10.8. The highest BCUT2D eigenvalue weighted by atomic mass is 32.2. The van der Waals surface area contributed by atoms with E-state index >= 15 is 0 Å². The molecular formula is C8H16N2OS. The van der Waals surface area contributed by atoms with Gasteiger partial charge in [-0.2, -0.15) is 11.8 Å². The van der Waals surface area contributed by atoms with E-state index in [-0.39, 0.29) is 11.4 Å². The molecule has 1 rings (SSSR count). The largest absolute Gasteiger partial charge is 0.370 e. The summed E-state index contributed by atoms with van der Waals surface area (Å²) in [6.07, 6.45) is 2.34. The van der Waals surface area contributed by atoms with Crippen molar-refractivity contribution in [1.82, 2.24) is 0 Å². The van der Waals surface area contributed by atoms with Gasteiger partial charge in [-0.15, -0.1) is 0 Å². The van der Waals surface area contributed by atoms with Crippen molar-refractivity contribution in [3.63, 3.8) is 0 Å². The average Bonchev–Trinajstić information content (AvgIpc) is 1.94. The number of rotatable bonds is 2. The second-order valence-electron chi connectivity index (χ2n) is 3.49. The standard InChI is InChI=1S/C8H16N2OS/c1-6-8(10,5-7(9)11)3-2-4-12-6/h6H,2-5,10H2,1H3,(H2,9,11). The quantitative estimate of drug-likeness (QED) is 0.662. The molecule has 0 radical (unpaired) electrons. The van der Waals surface area contributed by atoms with E-state index in [2.05, 4.69) is 6.92 Å². The minimum Gasteiger partial charge on any atom is -0.370 e. The number of carbonyl (C=O) groups is 1. The fourth-order valence-electron chi connectivity index (χ4n) is 1.59. The fourth-order valence-corrected chi connectivity index (χ4v) is 2.78. The third-order valence-electron chi connectivity index (χ3n) is 2.47. The van der Waals surface area contributed by atoms with E-state index in [0.717, 1.165) is 18.6 Å². The predicted molar refractivity (Wildman–Crippen MR) is 51.9 cm³/mol. The van der Waals surface area contributed by atoms with Gasteiger partial charge in [-0.25, -0.2) is 0 Å². The lowest BCUT2D eigenvalue weighted by atomic mass is 9.87. The summed E-state index contributed by atoms with van der Waals surface area (Å²) in [5.74, 6) is 0.866. The summed E-state index contributed by atoms with van der Waals surface area (Å²) in [5.41, 5.74) is 10.9. The molecule has 1 amide bonds. The van der Waals surface area contributed by atoms with Gasteiger partial charge in [0.25, 0.3) is 0 Å². The molecule has 1 aliphatic rings. The van der Waals surface area contributed by atoms with Gasteiger partial charge in [0.1, 0.15) is 0 Å². The van der Waals surface area contributed by atoms with Crippen LogP contribution in [0.3, 0.4) is 0 Å². The van der Waals surface area contributed by atoms with Gasteiger partial charge in [-0.1, -0.05) is 6.92 Å². The predicted octanol–water partition coefficient (Wildman–Crippen LogP) is 0.475. The summed E-state index contributed by atoms with van der Waals surface area (Å²) in [7, 11) is 0. The Kier molecular flexibility index (Phi) is 3.01. The summed E-state index contributed by atoms with van der Waals surface area (Å²) >= 11 is 1.83. The third-order valence-corrected chi connectivity index (χ3v) is 3.96. The summed E-state index contributed by atoms with van der Waals surface area (Å²) in [4.78, 5) is 10.8. The highest BCUT2D eigenvalue weighted by Gasteiger charge is 2.36. The van der Waals surface area contributed by atoms with E-state index < -0.39 is 0 Å². The van der Waals surface area contributed by atoms with E-state index in [1.807, 2.05) is 11.8 Å². The molecule has 0 aromatic carbocycles. The maximum Gasteiger partial charge on any atom is 0.219 e. The van der Waals surface area contributed by atoms with E-state index in [9.17, 15) is 4.79 Å². The molecule has 3 nitrogen and oxygen atoms in total. The van der Waals surface area contributed by atoms with Crippen LogP contribution in [0.5, 0.6) is 0 Å². The van der Waals surface area contributed by atoms with Crippen LogP contribution in [0.1, 0.15) is 26.2 Å². The van der Waals surface area contributed by atoms with Crippen molar-refractivity contribution in [2.75, 3.05) is 5.75 Å². The summed E-state index contributed by atoms with van der Waals surface area (Å²) in [5, 5.41) is 0.346. The van der Waals surface area contributed by atoms with Gasteiger partial charge in [-0.3, -0.25) is 4.79 Å². The van der Waals surface area contributed by atoms with E-state index in [0.29, 0.717) is 11.7 Å². The van der Waals surface area contributed by atoms with Gasteiger partial charge < -0.3 is 11.5 Å². The van der Waals surface area contributed by atoms with Crippen LogP contribution in [0.2, 0.25) is 0 Å². The first-order valence-corrected chi connectivity index (χ1v) is 5.28. The topological polar surface area (TPSA) is 69.1 Å². The molecule has 0 saturated carbocycles. The van der Waals surface area contributed by atoms with Crippen molar-refractivity contribution >= 4 is 17.7 Å². The van der Waals surface area contributed by atoms with Gasteiger partial charge in [0.2, 0.25) is 5.91 Å². The highest BCUT2D eigenvalue weighted by Crippen LogP contribution is 2.33. The number of carbonyl (C=O) groups excluding carboxylic acids is 1. The van der Waals surface area contributed by atoms with Gasteiger partial charge in [0.15, 0.2) is 0 Å². The van der Waals surface area contributed by atoms with Crippen molar-refractivity contribution in [3.8, 4) is 0 Å². The molecule has 1 fully saturated rings. The van der Waals surface area contributed by atoms with E-state index in [4.69, 9.17) is 11.5 Å². The number of thioether (sulfide) groups is 1. The van der Waals surface area contributed by atoms with Crippen LogP contribution in [0, 0.1) is 0 Å². The second-order valence-corrected chi connectivity index (χ2v) is 4.94. The van der Waals surface area contributed by atoms with E-state index in [1.54, 1.807) is 0 Å². The summed E-state index contributed by atoms with van der Waals surface area (Å²) < 4.78 is 0. The Hall–Kier alpha value is -0.220. The minimum absolute atomic E-state index is 0.285. The molecule has 0 bridgehead atoms. The zero-order chi connectivity index (χ0) is 9.19. The molecule has 1 heterocycles. The third kappa shape index (κ3) is 2.14. The van der Waals surface area contributed by atoms with E-state index in [1.165, 1.54) is 0 Å². The van der Waals surface area contributed by atoms with Crippen LogP contribution in [-0.2, 0) is 4.79 Å². The molecule has 2 unspecified atom stereocenters. The molecule has 0 spiro atoms. The minimum atomic E-state index is -0.352. The number of nitrogens with two attached hydrogens (primary N) is 2. The lowest BCUT2D eigenvalue weighted by Gasteiger charge is -2.38. The molecule has 4 heteroatoms. The Morgan fingerprint density at radius 2 is 2.42 bits per heavy atom. The molecule has 1 saturated heterocycles. The van der Waals surface area contributed by atoms with Crippen LogP contribution in [0.4, 0.5) is 0 Å². The maximum absolute atomic E-state index is 10.8. The number of hydrogen-bond donors (Lipinski definition) is 2. The number of amides is 1. The Morgan fingerprint density at radius 3 is 2.92 bits per heavy atom. The van der Waals surface area contributed by atoms with Gasteiger partial charge >= 0.3 is 0 Å². The Bertz CT molecular complexity index is 186. The number of hydrogen-bond acceptors (Lipinski definition) is 3. The van der Waals surface area contributed by atoms with Crippen molar-refractivity contribution in [1.29, 1.82) is 0 Å². The zero-order valence-electron chi connectivity index (χ0n) is 7.38. The first-order chi connectivity index (χ1) is 5.54. The molecular weight excluding hydrogens is 172 g/mol. The van der Waals surface area contributed by atoms with Crippen LogP contribution in [-0.4, -0.2) is 22.4 Å². The molecule has 0 aromatic heterocycles. The summed E-state index contributed by atoms with van der Waals surface area (Å²) in [6, 6.07) is 0. The van der Waals surface area contributed by atoms with Crippen molar-refractivity contribution in [2.45, 2.75) is 37.0 Å². The van der Waals surface area contributed by atoms with Gasteiger partial charge in [-0.05, 0) is 18.6 Å². The fraction of sp³-hybridized carbons (Fsp3) is 0.875. The smallest absolute Gasteiger partial charge is 0.219 e. The van der Waals surface area contributed by atoms with Crippen molar-refractivity contribution in [2.24, 2.45) is 11.5 Å². The van der Waals surface area contributed by atoms with Crippen molar-refractivity contribution < 1.29 is 4.79 Å². The van der Waals surface area contributed by atoms with Crippen LogP contribution in [0.15, 0.2) is 0 Å². The molecule has 4 N–H and O–H groups in total. The molecule has 0 aromatic rings. The van der Waals surface area contributed by atoms with Crippen molar-refractivity contribution in [3.05, 3.63) is 0 Å².